The minimum atomic E-state index is -1.75. The molecule has 10 atom stereocenters. The third-order valence-electron chi connectivity index (χ3n) is 4.36. The lowest BCUT2D eigenvalue weighted by atomic mass is 9.96. The summed E-state index contributed by atoms with van der Waals surface area (Å²) in [4.78, 5) is 11.3. The van der Waals surface area contributed by atoms with Crippen LogP contribution in [0.5, 0.6) is 0 Å². The van der Waals surface area contributed by atoms with E-state index in [0.717, 1.165) is 0 Å². The minimum Gasteiger partial charge on any atom is -0.394 e. The molecule has 0 aromatic carbocycles. The van der Waals surface area contributed by atoms with E-state index in [1.165, 1.54) is 6.92 Å². The maximum atomic E-state index is 11.3. The Morgan fingerprint density at radius 2 is 1.54 bits per heavy atom. The molecule has 26 heavy (non-hydrogen) atoms. The molecule has 2 fully saturated rings. The molecule has 152 valence electrons. The maximum absolute atomic E-state index is 11.3. The maximum Gasteiger partial charge on any atom is 0.217 e. The van der Waals surface area contributed by atoms with Gasteiger partial charge in [-0.15, -0.1) is 0 Å². The molecule has 1 amide bonds. The van der Waals surface area contributed by atoms with E-state index >= 15 is 0 Å². The summed E-state index contributed by atoms with van der Waals surface area (Å²) in [6.07, 6.45) is -13.5. The Morgan fingerprint density at radius 3 is 2.12 bits per heavy atom. The summed E-state index contributed by atoms with van der Waals surface area (Å²) in [6.45, 7) is 0.0944. The fourth-order valence-corrected chi connectivity index (χ4v) is 2.87. The number of aliphatic hydroxyl groups is 7. The summed E-state index contributed by atoms with van der Waals surface area (Å²) in [5.41, 5.74) is 0. The number of ether oxygens (including phenoxy) is 3. The molecule has 2 aliphatic rings. The summed E-state index contributed by atoms with van der Waals surface area (Å²) >= 11 is 0. The zero-order chi connectivity index (χ0) is 19.6. The van der Waals surface area contributed by atoms with Crippen molar-refractivity contribution < 1.29 is 54.8 Å². The van der Waals surface area contributed by atoms with Crippen molar-refractivity contribution in [2.45, 2.75) is 68.3 Å². The number of nitrogens with one attached hydrogen (secondary N) is 1. The van der Waals surface area contributed by atoms with Crippen LogP contribution >= 0.6 is 0 Å². The van der Waals surface area contributed by atoms with Crippen LogP contribution in [0.3, 0.4) is 0 Å². The van der Waals surface area contributed by atoms with Crippen LogP contribution in [0.2, 0.25) is 0 Å². The Morgan fingerprint density at radius 1 is 0.923 bits per heavy atom. The van der Waals surface area contributed by atoms with E-state index in [1.54, 1.807) is 0 Å². The van der Waals surface area contributed by atoms with Gasteiger partial charge in [-0.1, -0.05) is 0 Å². The third kappa shape index (κ3) is 4.48. The number of carbonyl (C=O) groups is 1. The van der Waals surface area contributed by atoms with Crippen molar-refractivity contribution in [1.82, 2.24) is 5.32 Å². The van der Waals surface area contributed by atoms with Gasteiger partial charge in [0.25, 0.3) is 0 Å². The van der Waals surface area contributed by atoms with E-state index in [9.17, 15) is 40.5 Å². The van der Waals surface area contributed by atoms with E-state index < -0.39 is 80.5 Å². The number of aliphatic hydroxyl groups excluding tert-OH is 7. The van der Waals surface area contributed by atoms with Gasteiger partial charge in [-0.2, -0.15) is 0 Å². The number of hydrogen-bond donors (Lipinski definition) is 8. The van der Waals surface area contributed by atoms with Crippen molar-refractivity contribution in [2.75, 3.05) is 13.2 Å². The second-order valence-corrected chi connectivity index (χ2v) is 6.30. The lowest BCUT2D eigenvalue weighted by Crippen LogP contribution is -2.65. The van der Waals surface area contributed by atoms with E-state index in [-0.39, 0.29) is 0 Å². The Labute approximate surface area is 148 Å². The molecule has 2 heterocycles. The van der Waals surface area contributed by atoms with Gasteiger partial charge in [0.1, 0.15) is 48.8 Å². The first kappa shape index (κ1) is 21.4. The zero-order valence-electron chi connectivity index (χ0n) is 14.0. The Kier molecular flexibility index (Phi) is 7.27. The van der Waals surface area contributed by atoms with Gasteiger partial charge in [0, 0.05) is 6.92 Å². The molecule has 0 radical (unpaired) electrons. The highest BCUT2D eigenvalue weighted by Gasteiger charge is 2.47. The van der Waals surface area contributed by atoms with Gasteiger partial charge in [0.05, 0.1) is 13.2 Å². The first-order valence-electron chi connectivity index (χ1n) is 8.06. The van der Waals surface area contributed by atoms with Crippen molar-refractivity contribution in [3.63, 3.8) is 0 Å². The quantitative estimate of drug-likeness (QED) is 0.226. The minimum absolute atomic E-state index is 0.455. The highest BCUT2D eigenvalue weighted by molar-refractivity contribution is 5.73. The van der Waals surface area contributed by atoms with Gasteiger partial charge < -0.3 is 55.3 Å². The van der Waals surface area contributed by atoms with Gasteiger partial charge in [-0.3, -0.25) is 4.79 Å². The van der Waals surface area contributed by atoms with Gasteiger partial charge in [0.15, 0.2) is 12.6 Å². The second-order valence-electron chi connectivity index (χ2n) is 6.30. The predicted octanol–water partition coefficient (Wildman–Crippen LogP) is -5.25. The molecule has 8 N–H and O–H groups in total. The normalized spacial score (nSPS) is 46.8. The number of carbonyl (C=O) groups excluding carboxylic acids is 1. The van der Waals surface area contributed by atoms with Crippen LogP contribution < -0.4 is 5.32 Å². The Bertz CT molecular complexity index is 480. The molecule has 12 nitrogen and oxygen atoms in total. The number of amides is 1. The zero-order valence-corrected chi connectivity index (χ0v) is 14.0. The van der Waals surface area contributed by atoms with Crippen molar-refractivity contribution in [3.8, 4) is 0 Å². The smallest absolute Gasteiger partial charge is 0.217 e. The summed E-state index contributed by atoms with van der Waals surface area (Å²) < 4.78 is 15.7. The molecule has 0 bridgehead atoms. The van der Waals surface area contributed by atoms with Crippen LogP contribution in [-0.4, -0.2) is 116 Å². The predicted molar refractivity (Wildman–Crippen MR) is 80.2 cm³/mol. The standard InChI is InChI=1S/C14H25NO11/c1-4(17)15-7-10(20)8(18)5(2-16)26-14(7)24-3-6-9(19)11(21)12(22)13(23)25-6/h5-14,16,18-23H,2-3H2,1H3,(H,15,17)/t5-,6-,7+,8-,9-,10-,11+,12+,13+,14-/m1/s1. The molecule has 0 unspecified atom stereocenters. The van der Waals surface area contributed by atoms with Gasteiger partial charge >= 0.3 is 0 Å². The summed E-state index contributed by atoms with van der Waals surface area (Å²) in [5, 5.41) is 70.1. The summed E-state index contributed by atoms with van der Waals surface area (Å²) in [5.74, 6) is -0.538. The summed E-state index contributed by atoms with van der Waals surface area (Å²) in [6, 6.07) is -1.19. The second kappa shape index (κ2) is 8.84. The number of hydrogen-bond acceptors (Lipinski definition) is 11. The topological polar surface area (TPSA) is 198 Å². The van der Waals surface area contributed by atoms with Crippen LogP contribution in [0, 0.1) is 0 Å². The molecule has 0 aromatic rings. The van der Waals surface area contributed by atoms with E-state index in [0.29, 0.717) is 0 Å². The average molecular weight is 383 g/mol. The molecule has 0 aromatic heterocycles. The van der Waals surface area contributed by atoms with Gasteiger partial charge in [-0.05, 0) is 0 Å². The molecular formula is C14H25NO11. The molecule has 2 saturated heterocycles. The van der Waals surface area contributed by atoms with Crippen LogP contribution in [0.1, 0.15) is 6.92 Å². The van der Waals surface area contributed by atoms with Crippen molar-refractivity contribution in [2.24, 2.45) is 0 Å². The molecular weight excluding hydrogens is 358 g/mol. The van der Waals surface area contributed by atoms with Crippen molar-refractivity contribution in [1.29, 1.82) is 0 Å². The van der Waals surface area contributed by atoms with E-state index in [1.807, 2.05) is 0 Å². The van der Waals surface area contributed by atoms with E-state index in [2.05, 4.69) is 5.32 Å². The highest BCUT2D eigenvalue weighted by Crippen LogP contribution is 2.25. The molecule has 12 heteroatoms. The Hall–Kier alpha value is -0.930. The average Bonchev–Trinajstić information content (AvgIpc) is 2.60. The largest absolute Gasteiger partial charge is 0.394 e. The SMILES string of the molecule is CC(=O)N[C@@H]1[C@H](OC[C@H]2O[C@H](O)[C@@H](O)[C@@H](O)[C@@H]2O)O[C@H](CO)[C@@H](O)[C@@H]1O. The van der Waals surface area contributed by atoms with Crippen LogP contribution in [0.15, 0.2) is 0 Å². The molecule has 2 aliphatic heterocycles. The molecule has 0 saturated carbocycles. The fourth-order valence-electron chi connectivity index (χ4n) is 2.87. The molecule has 0 spiro atoms. The fraction of sp³-hybridized carbons (Fsp3) is 0.929. The van der Waals surface area contributed by atoms with E-state index in [4.69, 9.17) is 14.2 Å². The Balaban J connectivity index is 2.05. The lowest BCUT2D eigenvalue weighted by Gasteiger charge is -2.43. The first-order chi connectivity index (χ1) is 12.2. The lowest BCUT2D eigenvalue weighted by molar-refractivity contribution is -0.311. The number of rotatable bonds is 5. The van der Waals surface area contributed by atoms with Crippen LogP contribution in [0.4, 0.5) is 0 Å². The van der Waals surface area contributed by atoms with Gasteiger partial charge in [-0.25, -0.2) is 0 Å². The highest BCUT2D eigenvalue weighted by atomic mass is 16.7. The van der Waals surface area contributed by atoms with Gasteiger partial charge in [0.2, 0.25) is 5.91 Å². The van der Waals surface area contributed by atoms with Crippen LogP contribution in [-0.2, 0) is 19.0 Å². The molecule has 2 rings (SSSR count). The van der Waals surface area contributed by atoms with Crippen molar-refractivity contribution in [3.05, 3.63) is 0 Å². The van der Waals surface area contributed by atoms with Crippen molar-refractivity contribution >= 4 is 5.91 Å². The monoisotopic (exact) mass is 383 g/mol. The molecule has 0 aliphatic carbocycles. The summed E-state index contributed by atoms with van der Waals surface area (Å²) in [7, 11) is 0. The third-order valence-corrected chi connectivity index (χ3v) is 4.36. The van der Waals surface area contributed by atoms with Crippen LogP contribution in [0.25, 0.3) is 0 Å². The first-order valence-corrected chi connectivity index (χ1v) is 8.06.